The van der Waals surface area contributed by atoms with Gasteiger partial charge in [-0.2, -0.15) is 0 Å². The molecule has 0 aromatic carbocycles. The van der Waals surface area contributed by atoms with Crippen LogP contribution in [0.2, 0.25) is 0 Å². The van der Waals surface area contributed by atoms with Gasteiger partial charge in [0.05, 0.1) is 6.26 Å². The predicted octanol–water partition coefficient (Wildman–Crippen LogP) is 1.71. The normalized spacial score (nSPS) is 12.9. The van der Waals surface area contributed by atoms with E-state index in [0.717, 1.165) is 17.5 Å². The minimum absolute atomic E-state index is 0.0929. The number of rotatable bonds is 2. The minimum Gasteiger partial charge on any atom is -0.265 e. The second-order valence-corrected chi connectivity index (χ2v) is 7.44. The van der Waals surface area contributed by atoms with E-state index in [0.29, 0.717) is 5.65 Å². The van der Waals surface area contributed by atoms with Crippen LogP contribution in [0, 0.1) is 6.92 Å². The summed E-state index contributed by atoms with van der Waals surface area (Å²) in [6.07, 6.45) is 1.09. The first-order valence-corrected chi connectivity index (χ1v) is 7.82. The molecular formula is C12H18N4O2S. The molecule has 0 saturated carbocycles. The molecule has 2 aromatic rings. The molecule has 0 atom stereocenters. The summed E-state index contributed by atoms with van der Waals surface area (Å²) in [5.74, 6) is 0.223. The van der Waals surface area contributed by atoms with Crippen LogP contribution in [-0.4, -0.2) is 29.3 Å². The summed E-state index contributed by atoms with van der Waals surface area (Å²) in [5, 5.41) is 8.05. The van der Waals surface area contributed by atoms with Gasteiger partial charge in [0, 0.05) is 11.3 Å². The molecule has 0 spiro atoms. The Balaban J connectivity index is 2.73. The number of nitrogens with zero attached hydrogens (tertiary/aromatic N) is 3. The van der Waals surface area contributed by atoms with Gasteiger partial charge < -0.3 is 0 Å². The number of nitrogens with one attached hydrogen (secondary N) is 1. The van der Waals surface area contributed by atoms with E-state index < -0.39 is 10.0 Å². The van der Waals surface area contributed by atoms with Crippen molar-refractivity contribution in [2.75, 3.05) is 11.0 Å². The number of hydrogen-bond donors (Lipinski definition) is 1. The Morgan fingerprint density at radius 3 is 2.37 bits per heavy atom. The van der Waals surface area contributed by atoms with Crippen molar-refractivity contribution in [3.8, 4) is 0 Å². The lowest BCUT2D eigenvalue weighted by Gasteiger charge is -2.20. The van der Waals surface area contributed by atoms with Gasteiger partial charge in [-0.15, -0.1) is 10.2 Å². The van der Waals surface area contributed by atoms with E-state index in [-0.39, 0.29) is 11.4 Å². The molecule has 2 aromatic heterocycles. The van der Waals surface area contributed by atoms with E-state index in [4.69, 9.17) is 0 Å². The standard InChI is InChI=1S/C12H18N4O2S/c1-8-6-7-9(12(2,3)4)10-13-14-11(16(8)10)15-19(5,17)18/h6-7H,1-5H3,(H,14,15). The molecule has 0 saturated heterocycles. The molecule has 1 N–H and O–H groups in total. The molecule has 0 unspecified atom stereocenters. The number of aryl methyl sites for hydroxylation is 1. The molecule has 104 valence electrons. The molecule has 2 rings (SSSR count). The maximum absolute atomic E-state index is 11.3. The smallest absolute Gasteiger partial charge is 0.242 e. The van der Waals surface area contributed by atoms with Gasteiger partial charge in [0.2, 0.25) is 16.0 Å². The predicted molar refractivity (Wildman–Crippen MR) is 74.9 cm³/mol. The van der Waals surface area contributed by atoms with Crippen molar-refractivity contribution in [2.45, 2.75) is 33.1 Å². The fourth-order valence-electron chi connectivity index (χ4n) is 1.96. The maximum Gasteiger partial charge on any atom is 0.242 e. The molecule has 6 nitrogen and oxygen atoms in total. The fourth-order valence-corrected chi connectivity index (χ4v) is 2.43. The topological polar surface area (TPSA) is 76.4 Å². The Kier molecular flexibility index (Phi) is 3.04. The zero-order valence-electron chi connectivity index (χ0n) is 11.7. The van der Waals surface area contributed by atoms with Crippen molar-refractivity contribution in [3.63, 3.8) is 0 Å². The second kappa shape index (κ2) is 4.19. The van der Waals surface area contributed by atoms with Crippen molar-refractivity contribution >= 4 is 21.6 Å². The third-order valence-electron chi connectivity index (χ3n) is 2.83. The summed E-state index contributed by atoms with van der Waals surface area (Å²) in [4.78, 5) is 0. The minimum atomic E-state index is -3.38. The summed E-state index contributed by atoms with van der Waals surface area (Å²) in [6, 6.07) is 3.94. The third kappa shape index (κ3) is 2.70. The van der Waals surface area contributed by atoms with Crippen LogP contribution in [0.25, 0.3) is 5.65 Å². The van der Waals surface area contributed by atoms with E-state index in [2.05, 4.69) is 35.7 Å². The van der Waals surface area contributed by atoms with Gasteiger partial charge in [-0.1, -0.05) is 26.8 Å². The molecular weight excluding hydrogens is 264 g/mol. The zero-order valence-corrected chi connectivity index (χ0v) is 12.5. The molecule has 0 aliphatic carbocycles. The molecule has 19 heavy (non-hydrogen) atoms. The Labute approximate surface area is 112 Å². The molecule has 2 heterocycles. The summed E-state index contributed by atoms with van der Waals surface area (Å²) >= 11 is 0. The molecule has 0 radical (unpaired) electrons. The summed E-state index contributed by atoms with van der Waals surface area (Å²) < 4.78 is 26.8. The molecule has 0 fully saturated rings. The van der Waals surface area contributed by atoms with Crippen LogP contribution < -0.4 is 4.72 Å². The van der Waals surface area contributed by atoms with Crippen LogP contribution in [0.5, 0.6) is 0 Å². The van der Waals surface area contributed by atoms with E-state index in [9.17, 15) is 8.42 Å². The Morgan fingerprint density at radius 2 is 1.84 bits per heavy atom. The number of sulfonamides is 1. The lowest BCUT2D eigenvalue weighted by molar-refractivity contribution is 0.591. The van der Waals surface area contributed by atoms with Crippen LogP contribution in [0.1, 0.15) is 32.0 Å². The molecule has 0 amide bonds. The SMILES string of the molecule is Cc1ccc(C(C)(C)C)c2nnc(NS(C)(=O)=O)n12. The highest BCUT2D eigenvalue weighted by Crippen LogP contribution is 2.27. The van der Waals surface area contributed by atoms with Crippen molar-refractivity contribution in [2.24, 2.45) is 0 Å². The first-order chi connectivity index (χ1) is 8.59. The summed E-state index contributed by atoms with van der Waals surface area (Å²) in [7, 11) is -3.38. The molecule has 7 heteroatoms. The molecule has 0 bridgehead atoms. The van der Waals surface area contributed by atoms with Crippen LogP contribution in [0.3, 0.4) is 0 Å². The quantitative estimate of drug-likeness (QED) is 0.909. The number of hydrogen-bond acceptors (Lipinski definition) is 4. The Morgan fingerprint density at radius 1 is 1.21 bits per heavy atom. The van der Waals surface area contributed by atoms with E-state index in [1.54, 1.807) is 4.40 Å². The van der Waals surface area contributed by atoms with Gasteiger partial charge >= 0.3 is 0 Å². The van der Waals surface area contributed by atoms with Crippen molar-refractivity contribution in [3.05, 3.63) is 23.4 Å². The van der Waals surface area contributed by atoms with E-state index in [1.165, 1.54) is 0 Å². The van der Waals surface area contributed by atoms with E-state index in [1.807, 2.05) is 19.1 Å². The highest BCUT2D eigenvalue weighted by molar-refractivity contribution is 7.91. The summed E-state index contributed by atoms with van der Waals surface area (Å²) in [5.41, 5.74) is 2.48. The van der Waals surface area contributed by atoms with Crippen LogP contribution in [0.4, 0.5) is 5.95 Å². The van der Waals surface area contributed by atoms with Gasteiger partial charge in [0.1, 0.15) is 0 Å². The highest BCUT2D eigenvalue weighted by atomic mass is 32.2. The highest BCUT2D eigenvalue weighted by Gasteiger charge is 2.21. The fraction of sp³-hybridized carbons (Fsp3) is 0.500. The van der Waals surface area contributed by atoms with Crippen molar-refractivity contribution < 1.29 is 8.42 Å². The number of fused-ring (bicyclic) bond motifs is 1. The van der Waals surface area contributed by atoms with Crippen molar-refractivity contribution in [1.29, 1.82) is 0 Å². The van der Waals surface area contributed by atoms with Gasteiger partial charge in [-0.3, -0.25) is 9.12 Å². The Bertz CT molecular complexity index is 726. The first-order valence-electron chi connectivity index (χ1n) is 5.92. The monoisotopic (exact) mass is 282 g/mol. The lowest BCUT2D eigenvalue weighted by atomic mass is 9.87. The van der Waals surface area contributed by atoms with Crippen LogP contribution in [-0.2, 0) is 15.4 Å². The number of aromatic nitrogens is 3. The largest absolute Gasteiger partial charge is 0.265 e. The molecule has 0 aliphatic rings. The average Bonchev–Trinajstić information content (AvgIpc) is 2.58. The number of anilines is 1. The average molecular weight is 282 g/mol. The van der Waals surface area contributed by atoms with E-state index >= 15 is 0 Å². The van der Waals surface area contributed by atoms with Gasteiger partial charge in [-0.05, 0) is 18.4 Å². The second-order valence-electron chi connectivity index (χ2n) is 5.70. The van der Waals surface area contributed by atoms with Gasteiger partial charge in [0.15, 0.2) is 5.65 Å². The van der Waals surface area contributed by atoms with Gasteiger partial charge in [0.25, 0.3) is 0 Å². The lowest BCUT2D eigenvalue weighted by Crippen LogP contribution is -2.15. The summed E-state index contributed by atoms with van der Waals surface area (Å²) in [6.45, 7) is 8.12. The van der Waals surface area contributed by atoms with Crippen molar-refractivity contribution in [1.82, 2.24) is 14.6 Å². The maximum atomic E-state index is 11.3. The zero-order chi connectivity index (χ0) is 14.4. The number of pyridine rings is 1. The van der Waals surface area contributed by atoms with Gasteiger partial charge in [-0.25, -0.2) is 8.42 Å². The Hall–Kier alpha value is -1.63. The first kappa shape index (κ1) is 13.8. The van der Waals surface area contributed by atoms with Crippen LogP contribution in [0.15, 0.2) is 12.1 Å². The van der Waals surface area contributed by atoms with Crippen LogP contribution >= 0.6 is 0 Å². The third-order valence-corrected chi connectivity index (χ3v) is 3.39. The molecule has 0 aliphatic heterocycles.